The molecule has 0 radical (unpaired) electrons. The monoisotopic (exact) mass is 235 g/mol. The van der Waals surface area contributed by atoms with Crippen LogP contribution in [0.1, 0.15) is 11.6 Å². The Morgan fingerprint density at radius 1 is 1.36 bits per heavy atom. The fourth-order valence-corrected chi connectivity index (χ4v) is 1.81. The second-order valence-corrected chi connectivity index (χ2v) is 4.84. The van der Waals surface area contributed by atoms with E-state index in [1.807, 2.05) is 0 Å². The molecule has 0 amide bonds. The lowest BCUT2D eigenvalue weighted by Gasteiger charge is -2.09. The predicted molar refractivity (Wildman–Crippen MR) is 54.8 cm³/mol. The molecule has 0 bridgehead atoms. The second-order valence-electron chi connectivity index (χ2n) is 2.91. The Morgan fingerprint density at radius 2 is 1.86 bits per heavy atom. The molecule has 1 aromatic rings. The standard InChI is InChI=1S/C8H10ClNO3S/c9-7-3-1-6(2-4-7)8(10)5-14(11,12)13/h1-4,8H,5,10H2,(H,11,12,13). The molecule has 0 aliphatic rings. The number of benzene rings is 1. The molecule has 0 fully saturated rings. The van der Waals surface area contributed by atoms with Crippen molar-refractivity contribution >= 4 is 21.7 Å². The van der Waals surface area contributed by atoms with E-state index >= 15 is 0 Å². The highest BCUT2D eigenvalue weighted by Gasteiger charge is 2.14. The Kier molecular flexibility index (Phi) is 3.49. The van der Waals surface area contributed by atoms with Crippen LogP contribution < -0.4 is 5.73 Å². The summed E-state index contributed by atoms with van der Waals surface area (Å²) in [5.74, 6) is -0.491. The van der Waals surface area contributed by atoms with Gasteiger partial charge in [0.15, 0.2) is 0 Å². The van der Waals surface area contributed by atoms with Crippen LogP contribution in [-0.2, 0) is 10.1 Å². The Labute approximate surface area is 87.4 Å². The fraction of sp³-hybridized carbons (Fsp3) is 0.250. The Hall–Kier alpha value is -0.620. The molecule has 14 heavy (non-hydrogen) atoms. The topological polar surface area (TPSA) is 80.4 Å². The third kappa shape index (κ3) is 3.63. The summed E-state index contributed by atoms with van der Waals surface area (Å²) in [7, 11) is -4.04. The van der Waals surface area contributed by atoms with Gasteiger partial charge in [-0.25, -0.2) is 0 Å². The van der Waals surface area contributed by atoms with E-state index in [0.717, 1.165) is 0 Å². The first-order valence-electron chi connectivity index (χ1n) is 3.85. The number of rotatable bonds is 3. The molecule has 4 nitrogen and oxygen atoms in total. The Balaban J connectivity index is 2.80. The van der Waals surface area contributed by atoms with E-state index in [4.69, 9.17) is 21.9 Å². The molecular formula is C8H10ClNO3S. The summed E-state index contributed by atoms with van der Waals surface area (Å²) in [6, 6.07) is 5.74. The minimum atomic E-state index is -4.04. The first-order chi connectivity index (χ1) is 6.38. The third-order valence-corrected chi connectivity index (χ3v) is 2.72. The lowest BCUT2D eigenvalue weighted by molar-refractivity contribution is 0.478. The lowest BCUT2D eigenvalue weighted by Crippen LogP contribution is -2.20. The van der Waals surface area contributed by atoms with Crippen LogP contribution >= 0.6 is 11.6 Å². The smallest absolute Gasteiger partial charge is 0.266 e. The van der Waals surface area contributed by atoms with Crippen molar-refractivity contribution in [2.75, 3.05) is 5.75 Å². The zero-order valence-corrected chi connectivity index (χ0v) is 8.79. The molecule has 0 aliphatic heterocycles. The molecule has 3 N–H and O–H groups in total. The van der Waals surface area contributed by atoms with Gasteiger partial charge in [-0.05, 0) is 17.7 Å². The molecule has 6 heteroatoms. The summed E-state index contributed by atoms with van der Waals surface area (Å²) >= 11 is 5.64. The molecule has 0 spiro atoms. The highest BCUT2D eigenvalue weighted by atomic mass is 35.5. The summed E-state index contributed by atoms with van der Waals surface area (Å²) in [5.41, 5.74) is 6.17. The summed E-state index contributed by atoms with van der Waals surface area (Å²) in [6.07, 6.45) is 0. The molecule has 1 rings (SSSR count). The van der Waals surface area contributed by atoms with Crippen LogP contribution in [0.15, 0.2) is 24.3 Å². The Bertz CT molecular complexity index is 401. The average molecular weight is 236 g/mol. The number of halogens is 1. The maximum Gasteiger partial charge on any atom is 0.266 e. The molecule has 1 atom stereocenters. The van der Waals surface area contributed by atoms with Gasteiger partial charge >= 0.3 is 0 Å². The van der Waals surface area contributed by atoms with Crippen LogP contribution in [0, 0.1) is 0 Å². The largest absolute Gasteiger partial charge is 0.323 e. The van der Waals surface area contributed by atoms with Gasteiger partial charge in [0.1, 0.15) is 0 Å². The summed E-state index contributed by atoms with van der Waals surface area (Å²) in [6.45, 7) is 0. The van der Waals surface area contributed by atoms with Crippen LogP contribution in [0.25, 0.3) is 0 Å². The number of nitrogens with two attached hydrogens (primary N) is 1. The van der Waals surface area contributed by atoms with Crippen molar-refractivity contribution in [2.24, 2.45) is 5.73 Å². The summed E-state index contributed by atoms with van der Waals surface area (Å²) in [4.78, 5) is 0. The molecule has 0 saturated heterocycles. The van der Waals surface area contributed by atoms with Gasteiger partial charge < -0.3 is 5.73 Å². The van der Waals surface area contributed by atoms with Crippen LogP contribution in [-0.4, -0.2) is 18.7 Å². The van der Waals surface area contributed by atoms with Gasteiger partial charge in [0.2, 0.25) is 0 Å². The van der Waals surface area contributed by atoms with Crippen molar-refractivity contribution < 1.29 is 13.0 Å². The summed E-state index contributed by atoms with van der Waals surface area (Å²) in [5, 5.41) is 0.549. The highest BCUT2D eigenvalue weighted by molar-refractivity contribution is 7.85. The molecule has 0 aliphatic carbocycles. The normalized spacial score (nSPS) is 13.9. The molecule has 0 saturated carbocycles. The average Bonchev–Trinajstić information content (AvgIpc) is 2.02. The second kappa shape index (κ2) is 4.27. The van der Waals surface area contributed by atoms with E-state index in [1.165, 1.54) is 0 Å². The van der Waals surface area contributed by atoms with Gasteiger partial charge in [0, 0.05) is 11.1 Å². The van der Waals surface area contributed by atoms with E-state index in [-0.39, 0.29) is 0 Å². The van der Waals surface area contributed by atoms with E-state index < -0.39 is 21.9 Å². The van der Waals surface area contributed by atoms with Gasteiger partial charge in [0.25, 0.3) is 10.1 Å². The van der Waals surface area contributed by atoms with Gasteiger partial charge in [-0.1, -0.05) is 23.7 Å². The number of hydrogen-bond donors (Lipinski definition) is 2. The van der Waals surface area contributed by atoms with Gasteiger partial charge in [0.05, 0.1) is 5.75 Å². The van der Waals surface area contributed by atoms with Crippen LogP contribution in [0.4, 0.5) is 0 Å². The zero-order chi connectivity index (χ0) is 10.8. The SMILES string of the molecule is NC(CS(=O)(=O)O)c1ccc(Cl)cc1. The van der Waals surface area contributed by atoms with Crippen LogP contribution in [0.2, 0.25) is 5.02 Å². The number of hydrogen-bond acceptors (Lipinski definition) is 3. The summed E-state index contributed by atoms with van der Waals surface area (Å²) < 4.78 is 29.6. The van der Waals surface area contributed by atoms with Gasteiger partial charge in [-0.3, -0.25) is 4.55 Å². The van der Waals surface area contributed by atoms with E-state index in [9.17, 15) is 8.42 Å². The maximum absolute atomic E-state index is 10.5. The predicted octanol–water partition coefficient (Wildman–Crippen LogP) is 1.23. The van der Waals surface area contributed by atoms with Crippen LogP contribution in [0.5, 0.6) is 0 Å². The molecule has 78 valence electrons. The van der Waals surface area contributed by atoms with Crippen molar-refractivity contribution in [3.8, 4) is 0 Å². The van der Waals surface area contributed by atoms with E-state index in [0.29, 0.717) is 10.6 Å². The minimum absolute atomic E-state index is 0.491. The molecule has 1 unspecified atom stereocenters. The van der Waals surface area contributed by atoms with E-state index in [1.54, 1.807) is 24.3 Å². The van der Waals surface area contributed by atoms with Crippen molar-refractivity contribution in [3.05, 3.63) is 34.9 Å². The fourth-order valence-electron chi connectivity index (χ4n) is 1.03. The molecule has 0 aromatic heterocycles. The minimum Gasteiger partial charge on any atom is -0.323 e. The first kappa shape index (κ1) is 11.5. The van der Waals surface area contributed by atoms with Gasteiger partial charge in [-0.15, -0.1) is 0 Å². The highest BCUT2D eigenvalue weighted by Crippen LogP contribution is 2.15. The molecular weight excluding hydrogens is 226 g/mol. The van der Waals surface area contributed by atoms with Crippen molar-refractivity contribution in [2.45, 2.75) is 6.04 Å². The zero-order valence-electron chi connectivity index (χ0n) is 7.22. The third-order valence-electron chi connectivity index (χ3n) is 1.69. The molecule has 0 heterocycles. The van der Waals surface area contributed by atoms with Crippen molar-refractivity contribution in [1.29, 1.82) is 0 Å². The Morgan fingerprint density at radius 3 is 2.29 bits per heavy atom. The van der Waals surface area contributed by atoms with Crippen LogP contribution in [0.3, 0.4) is 0 Å². The van der Waals surface area contributed by atoms with Crippen molar-refractivity contribution in [3.63, 3.8) is 0 Å². The quantitative estimate of drug-likeness (QED) is 0.773. The first-order valence-corrected chi connectivity index (χ1v) is 5.83. The maximum atomic E-state index is 10.5. The van der Waals surface area contributed by atoms with Crippen molar-refractivity contribution in [1.82, 2.24) is 0 Å². The van der Waals surface area contributed by atoms with Gasteiger partial charge in [-0.2, -0.15) is 8.42 Å². The lowest BCUT2D eigenvalue weighted by atomic mass is 10.1. The van der Waals surface area contributed by atoms with E-state index in [2.05, 4.69) is 0 Å². The molecule has 1 aromatic carbocycles.